The molecule has 0 aliphatic rings. The van der Waals surface area contributed by atoms with Crippen molar-refractivity contribution in [2.24, 2.45) is 0 Å². The van der Waals surface area contributed by atoms with Gasteiger partial charge in [0.25, 0.3) is 0 Å². The van der Waals surface area contributed by atoms with Gasteiger partial charge in [-0.15, -0.1) is 0 Å². The van der Waals surface area contributed by atoms with Gasteiger partial charge in [0.2, 0.25) is 0 Å². The molecule has 1 atom stereocenters. The van der Waals surface area contributed by atoms with Crippen LogP contribution in [-0.2, 0) is 11.3 Å². The molecule has 1 rings (SSSR count). The van der Waals surface area contributed by atoms with Crippen molar-refractivity contribution in [3.05, 3.63) is 33.8 Å². The molecule has 0 heterocycles. The molecule has 0 N–H and O–H groups in total. The highest BCUT2D eigenvalue weighted by Gasteiger charge is 2.07. The minimum absolute atomic E-state index is 0.102. The molecule has 0 aromatic heterocycles. The molecule has 1 nitrogen and oxygen atoms in total. The van der Waals surface area contributed by atoms with E-state index >= 15 is 0 Å². The molecule has 0 spiro atoms. The number of thiol groups is 1. The molecule has 0 saturated heterocycles. The van der Waals surface area contributed by atoms with Crippen molar-refractivity contribution in [2.45, 2.75) is 19.6 Å². The van der Waals surface area contributed by atoms with Crippen LogP contribution in [0, 0.1) is 0 Å². The zero-order valence-corrected chi connectivity index (χ0v) is 10.2. The maximum Gasteiger partial charge on any atom is 0.0750 e. The third-order valence-electron chi connectivity index (χ3n) is 1.83. The zero-order valence-electron chi connectivity index (χ0n) is 7.84. The predicted molar refractivity (Wildman–Crippen MR) is 64.6 cm³/mol. The van der Waals surface area contributed by atoms with Crippen LogP contribution in [0.3, 0.4) is 0 Å². The maximum atomic E-state index is 5.97. The Kier molecular flexibility index (Phi) is 5.10. The maximum absolute atomic E-state index is 5.97. The summed E-state index contributed by atoms with van der Waals surface area (Å²) in [5.41, 5.74) is 0.837. The van der Waals surface area contributed by atoms with Gasteiger partial charge in [0.15, 0.2) is 0 Å². The molecule has 0 amide bonds. The molecule has 1 aromatic carbocycles. The van der Waals surface area contributed by atoms with E-state index in [0.29, 0.717) is 22.4 Å². The standard InChI is InChI=1S/C10H12Cl2OS/c1-7(6-14)13-5-8-9(11)3-2-4-10(8)12/h2-4,7,14H,5-6H2,1H3. The first kappa shape index (κ1) is 12.2. The summed E-state index contributed by atoms with van der Waals surface area (Å²) in [7, 11) is 0. The van der Waals surface area contributed by atoms with Gasteiger partial charge in [0, 0.05) is 21.4 Å². The molecule has 0 fully saturated rings. The quantitative estimate of drug-likeness (QED) is 0.800. The zero-order chi connectivity index (χ0) is 10.6. The molecule has 0 aliphatic heterocycles. The van der Waals surface area contributed by atoms with Gasteiger partial charge in [-0.1, -0.05) is 29.3 Å². The smallest absolute Gasteiger partial charge is 0.0750 e. The second kappa shape index (κ2) is 5.86. The van der Waals surface area contributed by atoms with Crippen LogP contribution in [0.1, 0.15) is 12.5 Å². The summed E-state index contributed by atoms with van der Waals surface area (Å²) in [6.07, 6.45) is 0.102. The summed E-state index contributed by atoms with van der Waals surface area (Å²) >= 11 is 16.1. The van der Waals surface area contributed by atoms with E-state index in [1.54, 1.807) is 12.1 Å². The first-order valence-electron chi connectivity index (χ1n) is 4.30. The van der Waals surface area contributed by atoms with Gasteiger partial charge in [0.1, 0.15) is 0 Å². The first-order chi connectivity index (χ1) is 6.65. The van der Waals surface area contributed by atoms with Crippen molar-refractivity contribution in [3.8, 4) is 0 Å². The average molecular weight is 251 g/mol. The summed E-state index contributed by atoms with van der Waals surface area (Å²) in [6, 6.07) is 5.42. The minimum Gasteiger partial charge on any atom is -0.373 e. The fourth-order valence-corrected chi connectivity index (χ4v) is 1.56. The van der Waals surface area contributed by atoms with E-state index in [4.69, 9.17) is 27.9 Å². The molecule has 0 bridgehead atoms. The van der Waals surface area contributed by atoms with E-state index in [1.165, 1.54) is 0 Å². The van der Waals surface area contributed by atoms with Crippen LogP contribution >= 0.6 is 35.8 Å². The lowest BCUT2D eigenvalue weighted by atomic mass is 10.2. The van der Waals surface area contributed by atoms with E-state index in [1.807, 2.05) is 13.0 Å². The van der Waals surface area contributed by atoms with Crippen LogP contribution in [0.5, 0.6) is 0 Å². The molecular weight excluding hydrogens is 239 g/mol. The summed E-state index contributed by atoms with van der Waals surface area (Å²) in [5.74, 6) is 0.683. The van der Waals surface area contributed by atoms with Crippen LogP contribution in [0.15, 0.2) is 18.2 Å². The SMILES string of the molecule is CC(CS)OCc1c(Cl)cccc1Cl. The van der Waals surface area contributed by atoms with Crippen molar-refractivity contribution in [1.82, 2.24) is 0 Å². The van der Waals surface area contributed by atoms with E-state index in [2.05, 4.69) is 12.6 Å². The lowest BCUT2D eigenvalue weighted by molar-refractivity contribution is 0.0691. The molecule has 0 aliphatic carbocycles. The summed E-state index contributed by atoms with van der Waals surface area (Å²) in [4.78, 5) is 0. The third-order valence-corrected chi connectivity index (χ3v) is 3.05. The molecule has 0 radical (unpaired) electrons. The number of ether oxygens (including phenoxy) is 1. The van der Waals surface area contributed by atoms with Crippen LogP contribution < -0.4 is 0 Å². The second-order valence-electron chi connectivity index (χ2n) is 3.00. The Hall–Kier alpha value is 0.110. The Bertz CT molecular complexity index is 284. The van der Waals surface area contributed by atoms with E-state index in [0.717, 1.165) is 5.56 Å². The number of hydrogen-bond donors (Lipinski definition) is 1. The molecule has 78 valence electrons. The Balaban J connectivity index is 2.66. The fourth-order valence-electron chi connectivity index (χ4n) is 0.949. The molecule has 1 aromatic rings. The second-order valence-corrected chi connectivity index (χ2v) is 4.18. The minimum atomic E-state index is 0.102. The topological polar surface area (TPSA) is 9.23 Å². The lowest BCUT2D eigenvalue weighted by Gasteiger charge is -2.12. The summed E-state index contributed by atoms with van der Waals surface area (Å²) in [6.45, 7) is 2.39. The van der Waals surface area contributed by atoms with Crippen LogP contribution in [0.4, 0.5) is 0 Å². The number of halogens is 2. The van der Waals surface area contributed by atoms with Gasteiger partial charge in [-0.3, -0.25) is 0 Å². The highest BCUT2D eigenvalue weighted by atomic mass is 35.5. The van der Waals surface area contributed by atoms with Gasteiger partial charge < -0.3 is 4.74 Å². The fraction of sp³-hybridized carbons (Fsp3) is 0.400. The van der Waals surface area contributed by atoms with Gasteiger partial charge in [-0.25, -0.2) is 0 Å². The van der Waals surface area contributed by atoms with Gasteiger partial charge in [-0.2, -0.15) is 12.6 Å². The Morgan fingerprint density at radius 3 is 2.43 bits per heavy atom. The first-order valence-corrected chi connectivity index (χ1v) is 5.69. The van der Waals surface area contributed by atoms with E-state index in [-0.39, 0.29) is 6.10 Å². The number of benzene rings is 1. The normalized spacial score (nSPS) is 12.9. The van der Waals surface area contributed by atoms with Gasteiger partial charge >= 0.3 is 0 Å². The van der Waals surface area contributed by atoms with Crippen molar-refractivity contribution >= 4 is 35.8 Å². The van der Waals surface area contributed by atoms with Crippen LogP contribution in [0.25, 0.3) is 0 Å². The third kappa shape index (κ3) is 3.35. The van der Waals surface area contributed by atoms with Crippen molar-refractivity contribution in [1.29, 1.82) is 0 Å². The highest BCUT2D eigenvalue weighted by molar-refractivity contribution is 7.80. The Labute approximate surface area is 99.8 Å². The van der Waals surface area contributed by atoms with Crippen LogP contribution in [-0.4, -0.2) is 11.9 Å². The van der Waals surface area contributed by atoms with E-state index < -0.39 is 0 Å². The summed E-state index contributed by atoms with van der Waals surface area (Å²) in [5, 5.41) is 1.28. The van der Waals surface area contributed by atoms with Crippen molar-refractivity contribution in [3.63, 3.8) is 0 Å². The van der Waals surface area contributed by atoms with Crippen molar-refractivity contribution in [2.75, 3.05) is 5.75 Å². The molecular formula is C10H12Cl2OS. The molecule has 14 heavy (non-hydrogen) atoms. The summed E-state index contributed by atoms with van der Waals surface area (Å²) < 4.78 is 5.49. The van der Waals surface area contributed by atoms with Gasteiger partial charge in [0.05, 0.1) is 12.7 Å². The highest BCUT2D eigenvalue weighted by Crippen LogP contribution is 2.25. The van der Waals surface area contributed by atoms with Crippen LogP contribution in [0.2, 0.25) is 10.0 Å². The van der Waals surface area contributed by atoms with E-state index in [9.17, 15) is 0 Å². The number of hydrogen-bond acceptors (Lipinski definition) is 2. The molecule has 4 heteroatoms. The average Bonchev–Trinajstić information content (AvgIpc) is 2.16. The van der Waals surface area contributed by atoms with Gasteiger partial charge in [-0.05, 0) is 19.1 Å². The molecule has 1 unspecified atom stereocenters. The largest absolute Gasteiger partial charge is 0.373 e. The van der Waals surface area contributed by atoms with Crippen molar-refractivity contribution < 1.29 is 4.74 Å². The number of rotatable bonds is 4. The monoisotopic (exact) mass is 250 g/mol. The Morgan fingerprint density at radius 2 is 1.93 bits per heavy atom. The predicted octanol–water partition coefficient (Wildman–Crippen LogP) is 3.83. The lowest BCUT2D eigenvalue weighted by Crippen LogP contribution is -2.09. The Morgan fingerprint density at radius 1 is 1.36 bits per heavy atom. The molecule has 0 saturated carbocycles.